The number of carbonyl (C=O) groups is 1. The quantitative estimate of drug-likeness (QED) is 0.421. The SMILES string of the molecule is Cc1ccccc1-c1nn(C)c2nc(OCC(=O)NC(C)c3ccccc3)cc(C(F)(F)F)c12. The highest BCUT2D eigenvalue weighted by Gasteiger charge is 2.36. The predicted molar refractivity (Wildman–Crippen MR) is 122 cm³/mol. The Bertz CT molecular complexity index is 1330. The summed E-state index contributed by atoms with van der Waals surface area (Å²) >= 11 is 0. The van der Waals surface area contributed by atoms with Gasteiger partial charge in [-0.3, -0.25) is 4.79 Å². The van der Waals surface area contributed by atoms with Gasteiger partial charge in [0.2, 0.25) is 5.88 Å². The van der Waals surface area contributed by atoms with E-state index < -0.39 is 24.3 Å². The maximum atomic E-state index is 14.1. The van der Waals surface area contributed by atoms with E-state index in [1.54, 1.807) is 12.1 Å². The summed E-state index contributed by atoms with van der Waals surface area (Å²) < 4.78 is 48.9. The number of fused-ring (bicyclic) bond motifs is 1. The summed E-state index contributed by atoms with van der Waals surface area (Å²) in [6.45, 7) is 3.14. The lowest BCUT2D eigenvalue weighted by Crippen LogP contribution is -2.31. The van der Waals surface area contributed by atoms with Crippen LogP contribution in [0.2, 0.25) is 0 Å². The molecule has 0 radical (unpaired) electrons. The van der Waals surface area contributed by atoms with Crippen LogP contribution in [0, 0.1) is 6.92 Å². The van der Waals surface area contributed by atoms with Gasteiger partial charge in [-0.1, -0.05) is 54.6 Å². The first-order valence-corrected chi connectivity index (χ1v) is 10.6. The number of benzene rings is 2. The Morgan fingerprint density at radius 3 is 2.47 bits per heavy atom. The maximum absolute atomic E-state index is 14.1. The fourth-order valence-electron chi connectivity index (χ4n) is 3.80. The van der Waals surface area contributed by atoms with Crippen molar-refractivity contribution in [1.29, 1.82) is 0 Å². The largest absolute Gasteiger partial charge is 0.467 e. The number of alkyl halides is 3. The van der Waals surface area contributed by atoms with Crippen molar-refractivity contribution < 1.29 is 22.7 Å². The van der Waals surface area contributed by atoms with Crippen molar-refractivity contribution in [3.8, 4) is 17.1 Å². The lowest BCUT2D eigenvalue weighted by Gasteiger charge is -2.15. The van der Waals surface area contributed by atoms with Crippen molar-refractivity contribution in [3.63, 3.8) is 0 Å². The van der Waals surface area contributed by atoms with Crippen molar-refractivity contribution >= 4 is 16.9 Å². The monoisotopic (exact) mass is 468 g/mol. The van der Waals surface area contributed by atoms with Crippen LogP contribution < -0.4 is 10.1 Å². The van der Waals surface area contributed by atoms with Crippen LogP contribution in [0.15, 0.2) is 60.7 Å². The summed E-state index contributed by atoms with van der Waals surface area (Å²) in [7, 11) is 1.52. The van der Waals surface area contributed by atoms with Crippen LogP contribution in [0.1, 0.15) is 29.7 Å². The molecule has 2 aromatic carbocycles. The third-order valence-corrected chi connectivity index (χ3v) is 5.50. The molecule has 0 spiro atoms. The topological polar surface area (TPSA) is 69.0 Å². The van der Waals surface area contributed by atoms with Gasteiger partial charge in [0.05, 0.1) is 17.0 Å². The van der Waals surface area contributed by atoms with Crippen LogP contribution in [-0.2, 0) is 18.0 Å². The summed E-state index contributed by atoms with van der Waals surface area (Å²) in [5, 5.41) is 6.97. The van der Waals surface area contributed by atoms with Crippen LogP contribution in [0.25, 0.3) is 22.3 Å². The Labute approximate surface area is 194 Å². The van der Waals surface area contributed by atoms with E-state index in [-0.39, 0.29) is 28.6 Å². The summed E-state index contributed by atoms with van der Waals surface area (Å²) in [6, 6.07) is 16.9. The molecular weight excluding hydrogens is 445 g/mol. The molecule has 0 aliphatic rings. The molecule has 9 heteroatoms. The first-order chi connectivity index (χ1) is 16.1. The zero-order valence-corrected chi connectivity index (χ0v) is 18.8. The number of carbonyl (C=O) groups excluding carboxylic acids is 1. The standard InChI is InChI=1S/C25H23F3N4O2/c1-15-9-7-8-12-18(15)23-22-19(25(26,27)28)13-21(30-24(22)32(3)31-23)34-14-20(33)29-16(2)17-10-5-4-6-11-17/h4-13,16H,14H2,1-3H3,(H,29,33). The van der Waals surface area contributed by atoms with Gasteiger partial charge in [0.15, 0.2) is 12.3 Å². The molecule has 4 aromatic rings. The number of halogens is 3. The van der Waals surface area contributed by atoms with Crippen LogP contribution in [0.3, 0.4) is 0 Å². The van der Waals surface area contributed by atoms with Gasteiger partial charge in [0.1, 0.15) is 5.69 Å². The summed E-state index contributed by atoms with van der Waals surface area (Å²) in [5.74, 6) is -0.779. The van der Waals surface area contributed by atoms with Crippen LogP contribution in [0.5, 0.6) is 5.88 Å². The Morgan fingerprint density at radius 1 is 1.12 bits per heavy atom. The fourth-order valence-corrected chi connectivity index (χ4v) is 3.80. The average Bonchev–Trinajstić information content (AvgIpc) is 3.13. The Balaban J connectivity index is 1.64. The van der Waals surface area contributed by atoms with E-state index in [1.165, 1.54) is 11.7 Å². The molecule has 1 unspecified atom stereocenters. The van der Waals surface area contributed by atoms with Gasteiger partial charge < -0.3 is 10.1 Å². The third kappa shape index (κ3) is 4.73. The first kappa shape index (κ1) is 23.3. The van der Waals surface area contributed by atoms with E-state index in [2.05, 4.69) is 15.4 Å². The fraction of sp³-hybridized carbons (Fsp3) is 0.240. The van der Waals surface area contributed by atoms with Crippen molar-refractivity contribution in [1.82, 2.24) is 20.1 Å². The lowest BCUT2D eigenvalue weighted by atomic mass is 10.0. The van der Waals surface area contributed by atoms with Crippen molar-refractivity contribution in [2.45, 2.75) is 26.1 Å². The molecule has 2 heterocycles. The molecule has 0 bridgehead atoms. The van der Waals surface area contributed by atoms with E-state index in [1.807, 2.05) is 56.3 Å². The minimum absolute atomic E-state index is 0.0149. The molecule has 1 N–H and O–H groups in total. The third-order valence-electron chi connectivity index (χ3n) is 5.50. The molecule has 1 atom stereocenters. The zero-order valence-electron chi connectivity index (χ0n) is 18.8. The highest BCUT2D eigenvalue weighted by Crippen LogP contribution is 2.41. The molecule has 4 rings (SSSR count). The smallest absolute Gasteiger partial charge is 0.417 e. The van der Waals surface area contributed by atoms with Crippen LogP contribution in [-0.4, -0.2) is 27.3 Å². The highest BCUT2D eigenvalue weighted by molar-refractivity contribution is 5.95. The van der Waals surface area contributed by atoms with Gasteiger partial charge in [-0.25, -0.2) is 4.68 Å². The number of nitrogens with one attached hydrogen (secondary N) is 1. The minimum atomic E-state index is -4.68. The first-order valence-electron chi connectivity index (χ1n) is 10.6. The molecule has 0 fully saturated rings. The Hall–Kier alpha value is -3.88. The Morgan fingerprint density at radius 2 is 1.79 bits per heavy atom. The number of ether oxygens (including phenoxy) is 1. The molecule has 0 saturated heterocycles. The summed E-state index contributed by atoms with van der Waals surface area (Å²) in [4.78, 5) is 16.6. The zero-order chi connectivity index (χ0) is 24.5. The molecule has 6 nitrogen and oxygen atoms in total. The number of hydrogen-bond acceptors (Lipinski definition) is 4. The predicted octanol–water partition coefficient (Wildman–Crippen LogP) is 5.22. The molecule has 1 amide bonds. The van der Waals surface area contributed by atoms with Gasteiger partial charge in [0, 0.05) is 18.7 Å². The summed E-state index contributed by atoms with van der Waals surface area (Å²) in [6.07, 6.45) is -4.68. The number of rotatable bonds is 6. The van der Waals surface area contributed by atoms with Crippen molar-refractivity contribution in [3.05, 3.63) is 77.4 Å². The second kappa shape index (κ2) is 9.17. The molecule has 2 aromatic heterocycles. The number of amides is 1. The van der Waals surface area contributed by atoms with Crippen molar-refractivity contribution in [2.24, 2.45) is 7.05 Å². The van der Waals surface area contributed by atoms with Gasteiger partial charge in [-0.05, 0) is 25.0 Å². The summed E-state index contributed by atoms with van der Waals surface area (Å²) in [5.41, 5.74) is 1.56. The molecule has 0 saturated carbocycles. The van der Waals surface area contributed by atoms with Crippen LogP contribution >= 0.6 is 0 Å². The maximum Gasteiger partial charge on any atom is 0.417 e. The number of aryl methyl sites for hydroxylation is 2. The number of pyridine rings is 1. The molecule has 34 heavy (non-hydrogen) atoms. The molecule has 176 valence electrons. The van der Waals surface area contributed by atoms with E-state index in [9.17, 15) is 18.0 Å². The minimum Gasteiger partial charge on any atom is -0.467 e. The normalized spacial score (nSPS) is 12.5. The van der Waals surface area contributed by atoms with E-state index >= 15 is 0 Å². The number of aromatic nitrogens is 3. The van der Waals surface area contributed by atoms with Crippen molar-refractivity contribution in [2.75, 3.05) is 6.61 Å². The molecule has 0 aliphatic heterocycles. The molecule has 0 aliphatic carbocycles. The van der Waals surface area contributed by atoms with E-state index in [0.29, 0.717) is 5.56 Å². The highest BCUT2D eigenvalue weighted by atomic mass is 19.4. The average molecular weight is 468 g/mol. The second-order valence-corrected chi connectivity index (χ2v) is 7.98. The van der Waals surface area contributed by atoms with Gasteiger partial charge in [-0.2, -0.15) is 23.3 Å². The van der Waals surface area contributed by atoms with Crippen LogP contribution in [0.4, 0.5) is 13.2 Å². The van der Waals surface area contributed by atoms with Gasteiger partial charge in [0.25, 0.3) is 5.91 Å². The van der Waals surface area contributed by atoms with Gasteiger partial charge >= 0.3 is 6.18 Å². The molecular formula is C25H23F3N4O2. The van der Waals surface area contributed by atoms with E-state index in [4.69, 9.17) is 4.74 Å². The van der Waals surface area contributed by atoms with Gasteiger partial charge in [-0.15, -0.1) is 0 Å². The lowest BCUT2D eigenvalue weighted by molar-refractivity contribution is -0.136. The van der Waals surface area contributed by atoms with E-state index in [0.717, 1.165) is 17.2 Å². The Kier molecular flexibility index (Phi) is 6.28. The number of nitrogens with zero attached hydrogens (tertiary/aromatic N) is 3. The second-order valence-electron chi connectivity index (χ2n) is 7.98. The number of hydrogen-bond donors (Lipinski definition) is 1.